The molecular weight excluding hydrogens is 170 g/mol. The van der Waals surface area contributed by atoms with Crippen molar-refractivity contribution in [3.63, 3.8) is 0 Å². The van der Waals surface area contributed by atoms with Crippen LogP contribution in [0, 0.1) is 17.8 Å². The summed E-state index contributed by atoms with van der Waals surface area (Å²) in [5.74, 6) is 7.09. The number of rotatable bonds is 1. The first-order valence-electron chi connectivity index (χ1n) is 5.07. The molecule has 1 nitrogen and oxygen atoms in total. The van der Waals surface area contributed by atoms with Crippen LogP contribution in [0.25, 0.3) is 0 Å². The number of pyridine rings is 1. The van der Waals surface area contributed by atoms with E-state index >= 15 is 0 Å². The Morgan fingerprint density at radius 1 is 1.14 bits per heavy atom. The van der Waals surface area contributed by atoms with Crippen molar-refractivity contribution in [3.8, 4) is 11.8 Å². The van der Waals surface area contributed by atoms with Gasteiger partial charge < -0.3 is 0 Å². The quantitative estimate of drug-likeness (QED) is 0.615. The van der Waals surface area contributed by atoms with Crippen LogP contribution < -0.4 is 0 Å². The van der Waals surface area contributed by atoms with E-state index in [4.69, 9.17) is 0 Å². The Morgan fingerprint density at radius 3 is 2.29 bits per heavy atom. The Bertz CT molecular complexity index is 336. The van der Waals surface area contributed by atoms with E-state index in [-0.39, 0.29) is 0 Å². The Kier molecular flexibility index (Phi) is 3.71. The molecule has 0 aromatic carbocycles. The van der Waals surface area contributed by atoms with Crippen LogP contribution in [0.4, 0.5) is 0 Å². The summed E-state index contributed by atoms with van der Waals surface area (Å²) >= 11 is 0. The van der Waals surface area contributed by atoms with Crippen LogP contribution in [-0.4, -0.2) is 4.98 Å². The van der Waals surface area contributed by atoms with E-state index in [1.54, 1.807) is 0 Å². The van der Waals surface area contributed by atoms with Gasteiger partial charge >= 0.3 is 0 Å². The largest absolute Gasteiger partial charge is 0.248 e. The summed E-state index contributed by atoms with van der Waals surface area (Å²) in [6.07, 6.45) is 1.91. The van der Waals surface area contributed by atoms with Gasteiger partial charge in [0, 0.05) is 12.1 Å². The molecule has 74 valence electrons. The van der Waals surface area contributed by atoms with Gasteiger partial charge in [0.1, 0.15) is 5.69 Å². The minimum absolute atomic E-state index is 0.404. The van der Waals surface area contributed by atoms with Gasteiger partial charge in [0.2, 0.25) is 0 Å². The third-order valence-electron chi connectivity index (χ3n) is 1.94. The number of hydrogen-bond acceptors (Lipinski definition) is 1. The van der Waals surface area contributed by atoms with Gasteiger partial charge in [-0.1, -0.05) is 39.7 Å². The van der Waals surface area contributed by atoms with E-state index in [1.807, 2.05) is 12.3 Å². The average Bonchev–Trinajstić information content (AvgIpc) is 2.15. The van der Waals surface area contributed by atoms with Crippen LogP contribution in [0.5, 0.6) is 0 Å². The number of nitrogens with zero attached hydrogens (tertiary/aromatic N) is 1. The molecule has 0 aliphatic rings. The summed E-state index contributed by atoms with van der Waals surface area (Å²) in [5.41, 5.74) is 2.13. The van der Waals surface area contributed by atoms with Gasteiger partial charge in [0.15, 0.2) is 0 Å². The zero-order valence-electron chi connectivity index (χ0n) is 9.33. The zero-order chi connectivity index (χ0) is 10.6. The van der Waals surface area contributed by atoms with Crippen LogP contribution in [0.15, 0.2) is 18.3 Å². The normalized spacial score (nSPS) is 10.1. The lowest BCUT2D eigenvalue weighted by Gasteiger charge is -2.02. The Morgan fingerprint density at radius 2 is 1.86 bits per heavy atom. The Labute approximate surface area is 86.6 Å². The lowest BCUT2D eigenvalue weighted by Crippen LogP contribution is -1.90. The first kappa shape index (κ1) is 10.8. The van der Waals surface area contributed by atoms with Gasteiger partial charge in [-0.3, -0.25) is 0 Å². The van der Waals surface area contributed by atoms with Gasteiger partial charge in [-0.05, 0) is 23.5 Å². The fourth-order valence-electron chi connectivity index (χ4n) is 1.04. The molecule has 0 unspecified atom stereocenters. The molecular formula is C13H17N. The van der Waals surface area contributed by atoms with Gasteiger partial charge in [-0.2, -0.15) is 0 Å². The molecule has 14 heavy (non-hydrogen) atoms. The fraction of sp³-hybridized carbons (Fsp3) is 0.462. The highest BCUT2D eigenvalue weighted by molar-refractivity contribution is 5.30. The van der Waals surface area contributed by atoms with Crippen molar-refractivity contribution in [3.05, 3.63) is 29.6 Å². The monoisotopic (exact) mass is 187 g/mol. The number of aromatic nitrogens is 1. The van der Waals surface area contributed by atoms with E-state index in [0.29, 0.717) is 11.8 Å². The minimum Gasteiger partial charge on any atom is -0.248 e. The summed E-state index contributed by atoms with van der Waals surface area (Å²) in [5, 5.41) is 0. The van der Waals surface area contributed by atoms with Crippen molar-refractivity contribution < 1.29 is 0 Å². The van der Waals surface area contributed by atoms with Crippen molar-refractivity contribution in [2.24, 2.45) is 5.92 Å². The molecule has 0 fully saturated rings. The van der Waals surface area contributed by atoms with Crippen LogP contribution >= 0.6 is 0 Å². The SMILES string of the molecule is CC(C)C#Cc1ccc(C(C)C)cn1. The molecule has 1 heterocycles. The molecule has 0 aliphatic heterocycles. The maximum Gasteiger partial charge on any atom is 0.113 e. The van der Waals surface area contributed by atoms with E-state index < -0.39 is 0 Å². The minimum atomic E-state index is 0.404. The van der Waals surface area contributed by atoms with Gasteiger partial charge in [0.05, 0.1) is 0 Å². The maximum atomic E-state index is 4.30. The molecule has 1 aromatic rings. The molecule has 0 N–H and O–H groups in total. The van der Waals surface area contributed by atoms with Crippen molar-refractivity contribution in [2.45, 2.75) is 33.6 Å². The van der Waals surface area contributed by atoms with Crippen molar-refractivity contribution in [1.29, 1.82) is 0 Å². The van der Waals surface area contributed by atoms with Crippen LogP contribution in [-0.2, 0) is 0 Å². The van der Waals surface area contributed by atoms with Crippen molar-refractivity contribution in [1.82, 2.24) is 4.98 Å². The predicted octanol–water partition coefficient (Wildman–Crippen LogP) is 3.21. The third kappa shape index (κ3) is 3.22. The van der Waals surface area contributed by atoms with Crippen LogP contribution in [0.2, 0.25) is 0 Å². The molecule has 1 aromatic heterocycles. The summed E-state index contributed by atoms with van der Waals surface area (Å²) in [7, 11) is 0. The van der Waals surface area contributed by atoms with Crippen LogP contribution in [0.1, 0.15) is 44.9 Å². The molecule has 0 bridgehead atoms. The summed E-state index contributed by atoms with van der Waals surface area (Å²) in [4.78, 5) is 4.30. The first-order valence-corrected chi connectivity index (χ1v) is 5.07. The molecule has 0 spiro atoms. The second-order valence-corrected chi connectivity index (χ2v) is 4.06. The molecule has 0 saturated heterocycles. The average molecular weight is 187 g/mol. The van der Waals surface area contributed by atoms with E-state index in [0.717, 1.165) is 5.69 Å². The van der Waals surface area contributed by atoms with Crippen molar-refractivity contribution in [2.75, 3.05) is 0 Å². The highest BCUT2D eigenvalue weighted by Crippen LogP contribution is 2.12. The molecule has 1 heteroatoms. The molecule has 0 amide bonds. The lowest BCUT2D eigenvalue weighted by atomic mass is 10.1. The summed E-state index contributed by atoms with van der Waals surface area (Å²) in [6.45, 7) is 8.48. The van der Waals surface area contributed by atoms with Gasteiger partial charge in [0.25, 0.3) is 0 Å². The molecule has 0 aliphatic carbocycles. The molecule has 0 atom stereocenters. The Hall–Kier alpha value is -1.29. The first-order chi connectivity index (χ1) is 6.59. The van der Waals surface area contributed by atoms with Crippen molar-refractivity contribution >= 4 is 0 Å². The highest BCUT2D eigenvalue weighted by atomic mass is 14.7. The smallest absolute Gasteiger partial charge is 0.113 e. The number of hydrogen-bond donors (Lipinski definition) is 0. The molecule has 1 rings (SSSR count). The highest BCUT2D eigenvalue weighted by Gasteiger charge is 1.98. The fourth-order valence-corrected chi connectivity index (χ4v) is 1.04. The third-order valence-corrected chi connectivity index (χ3v) is 1.94. The standard InChI is InChI=1S/C13H17N/c1-10(2)5-7-13-8-6-12(9-14-13)11(3)4/h6,8-11H,1-4H3. The Balaban J connectivity index is 2.80. The second-order valence-electron chi connectivity index (χ2n) is 4.06. The van der Waals surface area contributed by atoms with E-state index in [2.05, 4.69) is 50.6 Å². The lowest BCUT2D eigenvalue weighted by molar-refractivity contribution is 0.856. The van der Waals surface area contributed by atoms with Crippen LogP contribution in [0.3, 0.4) is 0 Å². The van der Waals surface area contributed by atoms with E-state index in [1.165, 1.54) is 5.56 Å². The van der Waals surface area contributed by atoms with Gasteiger partial charge in [-0.25, -0.2) is 4.98 Å². The maximum absolute atomic E-state index is 4.30. The molecule has 0 radical (unpaired) electrons. The predicted molar refractivity (Wildman–Crippen MR) is 60.0 cm³/mol. The topological polar surface area (TPSA) is 12.9 Å². The van der Waals surface area contributed by atoms with E-state index in [9.17, 15) is 0 Å². The molecule has 0 saturated carbocycles. The zero-order valence-corrected chi connectivity index (χ0v) is 9.33. The second kappa shape index (κ2) is 4.81. The summed E-state index contributed by atoms with van der Waals surface area (Å²) < 4.78 is 0. The van der Waals surface area contributed by atoms with Gasteiger partial charge in [-0.15, -0.1) is 0 Å². The summed E-state index contributed by atoms with van der Waals surface area (Å²) in [6, 6.07) is 4.09.